The SMILES string of the molecule is CCN1CCCC1CNC(=O)c1[nH]c2ccccc2c1OC. The van der Waals surface area contributed by atoms with E-state index in [2.05, 4.69) is 22.1 Å². The number of hydrogen-bond donors (Lipinski definition) is 2. The van der Waals surface area contributed by atoms with Gasteiger partial charge in [0.25, 0.3) is 5.91 Å². The number of benzene rings is 1. The molecule has 1 aromatic carbocycles. The summed E-state index contributed by atoms with van der Waals surface area (Å²) in [6.07, 6.45) is 2.36. The van der Waals surface area contributed by atoms with Crippen LogP contribution in [0.2, 0.25) is 0 Å². The van der Waals surface area contributed by atoms with E-state index in [4.69, 9.17) is 4.74 Å². The molecule has 1 atom stereocenters. The molecule has 22 heavy (non-hydrogen) atoms. The van der Waals surface area contributed by atoms with Crippen molar-refractivity contribution in [1.82, 2.24) is 15.2 Å². The first-order valence-electron chi connectivity index (χ1n) is 7.91. The zero-order valence-electron chi connectivity index (χ0n) is 13.2. The van der Waals surface area contributed by atoms with Gasteiger partial charge in [-0.2, -0.15) is 0 Å². The molecule has 1 fully saturated rings. The lowest BCUT2D eigenvalue weighted by molar-refractivity contribution is 0.0934. The number of methoxy groups -OCH3 is 1. The van der Waals surface area contributed by atoms with E-state index in [1.165, 1.54) is 6.42 Å². The van der Waals surface area contributed by atoms with Gasteiger partial charge in [-0.3, -0.25) is 9.69 Å². The van der Waals surface area contributed by atoms with Crippen molar-refractivity contribution in [2.24, 2.45) is 0 Å². The first-order chi connectivity index (χ1) is 10.7. The Bertz CT molecular complexity index is 665. The lowest BCUT2D eigenvalue weighted by Gasteiger charge is -2.22. The fourth-order valence-corrected chi connectivity index (χ4v) is 3.33. The fraction of sp³-hybridized carbons (Fsp3) is 0.471. The second-order valence-electron chi connectivity index (χ2n) is 5.71. The quantitative estimate of drug-likeness (QED) is 0.891. The van der Waals surface area contributed by atoms with Crippen LogP contribution in [0.3, 0.4) is 0 Å². The largest absolute Gasteiger partial charge is 0.494 e. The third kappa shape index (κ3) is 2.68. The summed E-state index contributed by atoms with van der Waals surface area (Å²) in [4.78, 5) is 18.1. The normalized spacial score (nSPS) is 18.7. The van der Waals surface area contributed by atoms with Crippen molar-refractivity contribution >= 4 is 16.8 Å². The smallest absolute Gasteiger partial charge is 0.271 e. The molecular formula is C17H23N3O2. The van der Waals surface area contributed by atoms with Gasteiger partial charge in [-0.25, -0.2) is 0 Å². The molecule has 3 rings (SSSR count). The molecule has 5 heteroatoms. The number of amides is 1. The lowest BCUT2D eigenvalue weighted by Crippen LogP contribution is -2.40. The summed E-state index contributed by atoms with van der Waals surface area (Å²) in [5, 5.41) is 3.99. The average Bonchev–Trinajstić information content (AvgIpc) is 3.15. The fourth-order valence-electron chi connectivity index (χ4n) is 3.33. The van der Waals surface area contributed by atoms with Crippen LogP contribution in [0.4, 0.5) is 0 Å². The summed E-state index contributed by atoms with van der Waals surface area (Å²) in [6, 6.07) is 8.24. The van der Waals surface area contributed by atoms with E-state index in [-0.39, 0.29) is 5.91 Å². The van der Waals surface area contributed by atoms with Gasteiger partial charge in [0.2, 0.25) is 0 Å². The summed E-state index contributed by atoms with van der Waals surface area (Å²) < 4.78 is 5.43. The van der Waals surface area contributed by atoms with Gasteiger partial charge in [-0.1, -0.05) is 19.1 Å². The summed E-state index contributed by atoms with van der Waals surface area (Å²) in [5.74, 6) is 0.517. The summed E-state index contributed by atoms with van der Waals surface area (Å²) in [5.41, 5.74) is 1.42. The number of nitrogens with zero attached hydrogens (tertiary/aromatic N) is 1. The highest BCUT2D eigenvalue weighted by Gasteiger charge is 2.24. The number of likely N-dealkylation sites (N-methyl/N-ethyl adjacent to an activating group) is 1. The van der Waals surface area contributed by atoms with Crippen molar-refractivity contribution in [3.63, 3.8) is 0 Å². The molecule has 5 nitrogen and oxygen atoms in total. The predicted molar refractivity (Wildman–Crippen MR) is 87.5 cm³/mol. The number of carbonyl (C=O) groups excluding carboxylic acids is 1. The van der Waals surface area contributed by atoms with Crippen LogP contribution in [-0.2, 0) is 0 Å². The number of nitrogens with one attached hydrogen (secondary N) is 2. The van der Waals surface area contributed by atoms with E-state index in [9.17, 15) is 4.79 Å². The number of hydrogen-bond acceptors (Lipinski definition) is 3. The van der Waals surface area contributed by atoms with Crippen molar-refractivity contribution in [3.8, 4) is 5.75 Å². The molecule has 1 saturated heterocycles. The molecule has 2 N–H and O–H groups in total. The molecule has 1 aliphatic rings. The van der Waals surface area contributed by atoms with Gasteiger partial charge in [-0.15, -0.1) is 0 Å². The standard InChI is InChI=1S/C17H23N3O2/c1-3-20-10-6-7-12(20)11-18-17(21)15-16(22-2)13-8-4-5-9-14(13)19-15/h4-5,8-9,12,19H,3,6-7,10-11H2,1-2H3,(H,18,21). The Morgan fingerprint density at radius 2 is 2.27 bits per heavy atom. The first-order valence-corrected chi connectivity index (χ1v) is 7.91. The van der Waals surface area contributed by atoms with Crippen LogP contribution in [0.1, 0.15) is 30.3 Å². The van der Waals surface area contributed by atoms with E-state index in [1.54, 1.807) is 7.11 Å². The van der Waals surface area contributed by atoms with Crippen molar-refractivity contribution in [1.29, 1.82) is 0 Å². The topological polar surface area (TPSA) is 57.4 Å². The van der Waals surface area contributed by atoms with E-state index in [0.29, 0.717) is 24.0 Å². The number of aromatic nitrogens is 1. The minimum atomic E-state index is -0.101. The number of aromatic amines is 1. The highest BCUT2D eigenvalue weighted by molar-refractivity contribution is 6.03. The third-order valence-corrected chi connectivity index (χ3v) is 4.49. The van der Waals surface area contributed by atoms with E-state index >= 15 is 0 Å². The molecular weight excluding hydrogens is 278 g/mol. The van der Waals surface area contributed by atoms with E-state index in [0.717, 1.165) is 30.4 Å². The molecule has 118 valence electrons. The van der Waals surface area contributed by atoms with Crippen molar-refractivity contribution < 1.29 is 9.53 Å². The lowest BCUT2D eigenvalue weighted by atomic mass is 10.2. The molecule has 2 heterocycles. The van der Waals surface area contributed by atoms with Crippen molar-refractivity contribution in [3.05, 3.63) is 30.0 Å². The van der Waals surface area contributed by atoms with Crippen LogP contribution >= 0.6 is 0 Å². The number of rotatable bonds is 5. The molecule has 2 aromatic rings. The number of para-hydroxylation sites is 1. The van der Waals surface area contributed by atoms with Gasteiger partial charge < -0.3 is 15.0 Å². The predicted octanol–water partition coefficient (Wildman–Crippen LogP) is 2.39. The molecule has 0 radical (unpaired) electrons. The van der Waals surface area contributed by atoms with Crippen LogP contribution in [-0.4, -0.2) is 48.6 Å². The van der Waals surface area contributed by atoms with Crippen LogP contribution in [0.25, 0.3) is 10.9 Å². The van der Waals surface area contributed by atoms with Gasteiger partial charge >= 0.3 is 0 Å². The minimum absolute atomic E-state index is 0.101. The summed E-state index contributed by atoms with van der Waals surface area (Å²) >= 11 is 0. The number of H-pyrrole nitrogens is 1. The number of likely N-dealkylation sites (tertiary alicyclic amines) is 1. The number of ether oxygens (including phenoxy) is 1. The highest BCUT2D eigenvalue weighted by Crippen LogP contribution is 2.29. The van der Waals surface area contributed by atoms with Gasteiger partial charge in [-0.05, 0) is 38.1 Å². The minimum Gasteiger partial charge on any atom is -0.494 e. The average molecular weight is 301 g/mol. The van der Waals surface area contributed by atoms with E-state index < -0.39 is 0 Å². The van der Waals surface area contributed by atoms with Crippen molar-refractivity contribution in [2.45, 2.75) is 25.8 Å². The Balaban J connectivity index is 1.75. The van der Waals surface area contributed by atoms with Gasteiger partial charge in [0.05, 0.1) is 7.11 Å². The zero-order chi connectivity index (χ0) is 15.5. The van der Waals surface area contributed by atoms with E-state index in [1.807, 2.05) is 24.3 Å². The van der Waals surface area contributed by atoms with Crippen LogP contribution in [0.5, 0.6) is 5.75 Å². The zero-order valence-corrected chi connectivity index (χ0v) is 13.2. The Labute approximate surface area is 130 Å². The molecule has 1 unspecified atom stereocenters. The molecule has 1 aromatic heterocycles. The molecule has 0 saturated carbocycles. The second-order valence-corrected chi connectivity index (χ2v) is 5.71. The Morgan fingerprint density at radius 1 is 1.45 bits per heavy atom. The van der Waals surface area contributed by atoms with Crippen molar-refractivity contribution in [2.75, 3.05) is 26.7 Å². The van der Waals surface area contributed by atoms with Crippen LogP contribution in [0, 0.1) is 0 Å². The Morgan fingerprint density at radius 3 is 3.05 bits per heavy atom. The van der Waals surface area contributed by atoms with Gasteiger partial charge in [0, 0.05) is 23.5 Å². The number of fused-ring (bicyclic) bond motifs is 1. The first kappa shape index (κ1) is 14.9. The summed E-state index contributed by atoms with van der Waals surface area (Å²) in [6.45, 7) is 5.02. The Kier molecular flexibility index (Phi) is 4.34. The molecule has 0 bridgehead atoms. The molecule has 0 spiro atoms. The molecule has 0 aliphatic carbocycles. The monoisotopic (exact) mass is 301 g/mol. The van der Waals surface area contributed by atoms with Gasteiger partial charge in [0.1, 0.15) is 5.69 Å². The summed E-state index contributed by atoms with van der Waals surface area (Å²) in [7, 11) is 1.60. The maximum Gasteiger partial charge on any atom is 0.271 e. The maximum absolute atomic E-state index is 12.5. The third-order valence-electron chi connectivity index (χ3n) is 4.49. The molecule has 1 amide bonds. The molecule has 1 aliphatic heterocycles. The van der Waals surface area contributed by atoms with Crippen LogP contribution in [0.15, 0.2) is 24.3 Å². The Hall–Kier alpha value is -2.01. The maximum atomic E-state index is 12.5. The van der Waals surface area contributed by atoms with Crippen LogP contribution < -0.4 is 10.1 Å². The number of carbonyl (C=O) groups is 1. The highest BCUT2D eigenvalue weighted by atomic mass is 16.5. The van der Waals surface area contributed by atoms with Gasteiger partial charge in [0.15, 0.2) is 5.75 Å². The second kappa shape index (κ2) is 6.40.